The van der Waals surface area contributed by atoms with Crippen molar-refractivity contribution in [2.75, 3.05) is 12.4 Å². The number of hydrogen-bond donors (Lipinski definition) is 1. The van der Waals surface area contributed by atoms with E-state index in [0.717, 1.165) is 11.8 Å². The van der Waals surface area contributed by atoms with Crippen LogP contribution < -0.4 is 5.32 Å². The SMILES string of the molecule is CNc1cnn(Cc2ccc(F)c(F)c2F)c1. The molecule has 1 N–H and O–H groups in total. The second-order valence-electron chi connectivity index (χ2n) is 3.51. The van der Waals surface area contributed by atoms with Gasteiger partial charge < -0.3 is 5.32 Å². The molecule has 2 aromatic rings. The third kappa shape index (κ3) is 2.25. The number of benzene rings is 1. The molecule has 6 heteroatoms. The van der Waals surface area contributed by atoms with Crippen LogP contribution in [0.4, 0.5) is 18.9 Å². The lowest BCUT2D eigenvalue weighted by Crippen LogP contribution is -2.05. The molecule has 0 bridgehead atoms. The van der Waals surface area contributed by atoms with Gasteiger partial charge in [0.2, 0.25) is 0 Å². The third-order valence-electron chi connectivity index (χ3n) is 2.37. The molecule has 3 nitrogen and oxygen atoms in total. The summed E-state index contributed by atoms with van der Waals surface area (Å²) in [6, 6.07) is 2.10. The smallest absolute Gasteiger partial charge is 0.194 e. The van der Waals surface area contributed by atoms with Gasteiger partial charge in [0.15, 0.2) is 17.5 Å². The molecule has 0 aliphatic heterocycles. The van der Waals surface area contributed by atoms with Crippen LogP contribution in [-0.4, -0.2) is 16.8 Å². The van der Waals surface area contributed by atoms with E-state index in [4.69, 9.17) is 0 Å². The normalized spacial score (nSPS) is 10.6. The molecule has 0 saturated carbocycles. The van der Waals surface area contributed by atoms with E-state index in [9.17, 15) is 13.2 Å². The van der Waals surface area contributed by atoms with E-state index in [0.29, 0.717) is 0 Å². The molecule has 0 aliphatic carbocycles. The Morgan fingerprint density at radius 3 is 2.65 bits per heavy atom. The van der Waals surface area contributed by atoms with Crippen molar-refractivity contribution in [3.8, 4) is 0 Å². The van der Waals surface area contributed by atoms with Gasteiger partial charge >= 0.3 is 0 Å². The summed E-state index contributed by atoms with van der Waals surface area (Å²) in [4.78, 5) is 0. The van der Waals surface area contributed by atoms with Crippen molar-refractivity contribution in [1.29, 1.82) is 0 Å². The highest BCUT2D eigenvalue weighted by Crippen LogP contribution is 2.16. The van der Waals surface area contributed by atoms with E-state index in [-0.39, 0.29) is 12.1 Å². The van der Waals surface area contributed by atoms with E-state index >= 15 is 0 Å². The molecular formula is C11H10F3N3. The largest absolute Gasteiger partial charge is 0.386 e. The maximum atomic E-state index is 13.4. The number of halogens is 3. The fraction of sp³-hybridized carbons (Fsp3) is 0.182. The van der Waals surface area contributed by atoms with E-state index in [1.165, 1.54) is 10.7 Å². The molecule has 0 fully saturated rings. The van der Waals surface area contributed by atoms with Gasteiger partial charge in [0.25, 0.3) is 0 Å². The first-order valence-electron chi connectivity index (χ1n) is 4.94. The summed E-state index contributed by atoms with van der Waals surface area (Å²) in [5.74, 6) is -3.82. The molecule has 0 atom stereocenters. The number of nitrogens with one attached hydrogen (secondary N) is 1. The van der Waals surface area contributed by atoms with Crippen LogP contribution in [0.25, 0.3) is 0 Å². The van der Waals surface area contributed by atoms with Crippen molar-refractivity contribution in [2.45, 2.75) is 6.54 Å². The van der Waals surface area contributed by atoms with Crippen LogP contribution >= 0.6 is 0 Å². The number of rotatable bonds is 3. The molecule has 0 radical (unpaired) electrons. The first kappa shape index (κ1) is 11.5. The second kappa shape index (κ2) is 4.48. The second-order valence-corrected chi connectivity index (χ2v) is 3.51. The van der Waals surface area contributed by atoms with Gasteiger partial charge in [-0.2, -0.15) is 5.10 Å². The van der Waals surface area contributed by atoms with Gasteiger partial charge in [-0.3, -0.25) is 4.68 Å². The summed E-state index contributed by atoms with van der Waals surface area (Å²) in [5.41, 5.74) is 0.808. The van der Waals surface area contributed by atoms with Crippen LogP contribution in [0.1, 0.15) is 5.56 Å². The van der Waals surface area contributed by atoms with Crippen molar-refractivity contribution < 1.29 is 13.2 Å². The molecule has 0 amide bonds. The Labute approximate surface area is 95.9 Å². The van der Waals surface area contributed by atoms with E-state index < -0.39 is 17.5 Å². The van der Waals surface area contributed by atoms with Crippen LogP contribution in [0.15, 0.2) is 24.5 Å². The van der Waals surface area contributed by atoms with E-state index in [1.54, 1.807) is 19.4 Å². The van der Waals surface area contributed by atoms with Crippen LogP contribution in [-0.2, 0) is 6.54 Å². The standard InChI is InChI=1S/C11H10F3N3/c1-15-8-4-16-17(6-8)5-7-2-3-9(12)11(14)10(7)13/h2-4,6,15H,5H2,1H3. The maximum Gasteiger partial charge on any atom is 0.194 e. The molecule has 17 heavy (non-hydrogen) atoms. The van der Waals surface area contributed by atoms with Crippen molar-refractivity contribution in [1.82, 2.24) is 9.78 Å². The predicted octanol–water partition coefficient (Wildman–Crippen LogP) is 2.39. The number of nitrogens with zero attached hydrogens (tertiary/aromatic N) is 2. The molecule has 90 valence electrons. The molecule has 0 saturated heterocycles. The predicted molar refractivity (Wildman–Crippen MR) is 57.2 cm³/mol. The highest BCUT2D eigenvalue weighted by molar-refractivity contribution is 5.37. The summed E-state index contributed by atoms with van der Waals surface area (Å²) in [6.07, 6.45) is 3.19. The van der Waals surface area contributed by atoms with Gasteiger partial charge in [-0.1, -0.05) is 6.07 Å². The van der Waals surface area contributed by atoms with Gasteiger partial charge in [-0.15, -0.1) is 0 Å². The first-order valence-corrected chi connectivity index (χ1v) is 4.94. The molecule has 0 aliphatic rings. The fourth-order valence-corrected chi connectivity index (χ4v) is 1.44. The third-order valence-corrected chi connectivity index (χ3v) is 2.37. The van der Waals surface area contributed by atoms with Crippen molar-refractivity contribution in [3.63, 3.8) is 0 Å². The summed E-state index contributed by atoms with van der Waals surface area (Å²) in [7, 11) is 1.72. The molecule has 1 aromatic carbocycles. The van der Waals surface area contributed by atoms with Crippen LogP contribution in [0.2, 0.25) is 0 Å². The summed E-state index contributed by atoms with van der Waals surface area (Å²) >= 11 is 0. The molecule has 1 heterocycles. The minimum absolute atomic E-state index is 0.0463. The molecular weight excluding hydrogens is 231 g/mol. The zero-order valence-electron chi connectivity index (χ0n) is 9.04. The molecule has 0 unspecified atom stereocenters. The van der Waals surface area contributed by atoms with Crippen LogP contribution in [0.3, 0.4) is 0 Å². The fourth-order valence-electron chi connectivity index (χ4n) is 1.44. The maximum absolute atomic E-state index is 13.4. The average molecular weight is 241 g/mol. The minimum atomic E-state index is -1.46. The molecule has 0 spiro atoms. The summed E-state index contributed by atoms with van der Waals surface area (Å²) < 4.78 is 40.5. The van der Waals surface area contributed by atoms with Gasteiger partial charge in [0.05, 0.1) is 18.4 Å². The zero-order valence-corrected chi connectivity index (χ0v) is 9.04. The van der Waals surface area contributed by atoms with Crippen LogP contribution in [0.5, 0.6) is 0 Å². The Morgan fingerprint density at radius 1 is 1.24 bits per heavy atom. The Morgan fingerprint density at radius 2 is 2.00 bits per heavy atom. The number of hydrogen-bond acceptors (Lipinski definition) is 2. The van der Waals surface area contributed by atoms with Crippen molar-refractivity contribution in [3.05, 3.63) is 47.5 Å². The summed E-state index contributed by atoms with van der Waals surface area (Å²) in [5, 5.41) is 6.80. The lowest BCUT2D eigenvalue weighted by molar-refractivity contribution is 0.437. The van der Waals surface area contributed by atoms with Crippen LogP contribution in [0, 0.1) is 17.5 Å². The zero-order chi connectivity index (χ0) is 12.4. The lowest BCUT2D eigenvalue weighted by atomic mass is 10.2. The highest BCUT2D eigenvalue weighted by atomic mass is 19.2. The molecule has 1 aromatic heterocycles. The highest BCUT2D eigenvalue weighted by Gasteiger charge is 2.13. The monoisotopic (exact) mass is 241 g/mol. The van der Waals surface area contributed by atoms with Gasteiger partial charge in [0, 0.05) is 18.8 Å². The minimum Gasteiger partial charge on any atom is -0.386 e. The number of aromatic nitrogens is 2. The lowest BCUT2D eigenvalue weighted by Gasteiger charge is -2.04. The van der Waals surface area contributed by atoms with Gasteiger partial charge in [0.1, 0.15) is 0 Å². The Balaban J connectivity index is 2.27. The molecule has 2 rings (SSSR count). The Bertz CT molecular complexity index is 537. The first-order chi connectivity index (χ1) is 8.11. The van der Waals surface area contributed by atoms with Gasteiger partial charge in [-0.25, -0.2) is 13.2 Å². The number of anilines is 1. The van der Waals surface area contributed by atoms with E-state index in [1.807, 2.05) is 0 Å². The topological polar surface area (TPSA) is 29.9 Å². The van der Waals surface area contributed by atoms with Crippen molar-refractivity contribution >= 4 is 5.69 Å². The Hall–Kier alpha value is -1.98. The van der Waals surface area contributed by atoms with Crippen molar-refractivity contribution in [2.24, 2.45) is 0 Å². The summed E-state index contributed by atoms with van der Waals surface area (Å²) in [6.45, 7) is 0.0463. The Kier molecular flexibility index (Phi) is 3.03. The quantitative estimate of drug-likeness (QED) is 0.836. The average Bonchev–Trinajstić information content (AvgIpc) is 2.78. The van der Waals surface area contributed by atoms with Gasteiger partial charge in [-0.05, 0) is 6.07 Å². The van der Waals surface area contributed by atoms with E-state index in [2.05, 4.69) is 10.4 Å².